The molecule has 7 nitrogen and oxygen atoms in total. The van der Waals surface area contributed by atoms with E-state index >= 15 is 0 Å². The quantitative estimate of drug-likeness (QED) is 0.694. The number of aliphatic hydroxyl groups is 1. The summed E-state index contributed by atoms with van der Waals surface area (Å²) in [4.78, 5) is 26.7. The minimum atomic E-state index is -0.897. The fraction of sp³-hybridized carbons (Fsp3) is 0.583. The van der Waals surface area contributed by atoms with Gasteiger partial charge in [0.15, 0.2) is 0 Å². The molecule has 1 aliphatic heterocycles. The summed E-state index contributed by atoms with van der Waals surface area (Å²) in [6, 6.07) is 0. The zero-order chi connectivity index (χ0) is 15.1. The third-order valence-electron chi connectivity index (χ3n) is 3.20. The maximum atomic E-state index is 10.9. The molecule has 1 aromatic heterocycles. The second-order valence-electron chi connectivity index (χ2n) is 4.50. The summed E-state index contributed by atoms with van der Waals surface area (Å²) in [5.74, 6) is -1.51. The molecular formula is C12H18N2O5S. The Kier molecular flexibility index (Phi) is 6.56. The molecule has 2 heterocycles. The summed E-state index contributed by atoms with van der Waals surface area (Å²) >= 11 is 1.60. The number of hydrogen-bond acceptors (Lipinski definition) is 6. The zero-order valence-corrected chi connectivity index (χ0v) is 11.9. The molecule has 0 amide bonds. The minimum Gasteiger partial charge on any atom is -0.483 e. The second-order valence-corrected chi connectivity index (χ2v) is 5.44. The van der Waals surface area contributed by atoms with Gasteiger partial charge < -0.3 is 15.3 Å². The molecule has 0 bridgehead atoms. The first-order chi connectivity index (χ1) is 9.49. The number of aryl methyl sites for hydroxylation is 1. The molecule has 3 N–H and O–H groups in total. The van der Waals surface area contributed by atoms with Gasteiger partial charge in [0.1, 0.15) is 0 Å². The van der Waals surface area contributed by atoms with E-state index in [-0.39, 0.29) is 6.47 Å². The van der Waals surface area contributed by atoms with Gasteiger partial charge in [-0.1, -0.05) is 0 Å². The Balaban J connectivity index is 0.000000612. The van der Waals surface area contributed by atoms with Gasteiger partial charge in [0.2, 0.25) is 0 Å². The predicted octanol–water partition coefficient (Wildman–Crippen LogP) is 0.420. The lowest BCUT2D eigenvalue weighted by Crippen LogP contribution is -2.46. The number of piperidine rings is 1. The molecule has 20 heavy (non-hydrogen) atoms. The Morgan fingerprint density at radius 3 is 2.75 bits per heavy atom. The molecule has 2 atom stereocenters. The van der Waals surface area contributed by atoms with Crippen molar-refractivity contribution < 1.29 is 24.9 Å². The number of aliphatic hydroxyl groups excluding tert-OH is 1. The molecule has 0 aliphatic carbocycles. The average Bonchev–Trinajstić information content (AvgIpc) is 2.75. The molecule has 1 fully saturated rings. The van der Waals surface area contributed by atoms with Gasteiger partial charge in [-0.05, 0) is 19.9 Å². The SMILES string of the molecule is Cc1ncsc1CN1CC[C@H](C(=O)O)[C@H](O)C1.O=CO. The number of thiazole rings is 1. The van der Waals surface area contributed by atoms with E-state index in [1.54, 1.807) is 11.3 Å². The van der Waals surface area contributed by atoms with Crippen LogP contribution in [-0.4, -0.2) is 56.8 Å². The topological polar surface area (TPSA) is 111 Å². The summed E-state index contributed by atoms with van der Waals surface area (Å²) in [6.45, 7) is 3.60. The van der Waals surface area contributed by atoms with Crippen LogP contribution in [0.25, 0.3) is 0 Å². The van der Waals surface area contributed by atoms with E-state index in [0.717, 1.165) is 12.2 Å². The van der Waals surface area contributed by atoms with Crippen LogP contribution in [0.1, 0.15) is 17.0 Å². The van der Waals surface area contributed by atoms with Gasteiger partial charge in [0.25, 0.3) is 6.47 Å². The van der Waals surface area contributed by atoms with Crippen molar-refractivity contribution in [2.45, 2.75) is 26.0 Å². The molecule has 1 aromatic rings. The van der Waals surface area contributed by atoms with Gasteiger partial charge in [-0.2, -0.15) is 0 Å². The van der Waals surface area contributed by atoms with Crippen LogP contribution in [0.2, 0.25) is 0 Å². The standard InChI is InChI=1S/C11H16N2O3S.CH2O2/c1-7-10(17-6-12-7)5-13-3-2-8(11(15)16)9(14)4-13;2-1-3/h6,8-9,14H,2-5H2,1H3,(H,15,16);1H,(H,2,3)/t8-,9+;/m0./s1. The molecule has 1 saturated heterocycles. The van der Waals surface area contributed by atoms with Gasteiger partial charge >= 0.3 is 5.97 Å². The highest BCUT2D eigenvalue weighted by atomic mass is 32.1. The molecule has 0 saturated carbocycles. The lowest BCUT2D eigenvalue weighted by Gasteiger charge is -2.33. The monoisotopic (exact) mass is 302 g/mol. The summed E-state index contributed by atoms with van der Waals surface area (Å²) in [7, 11) is 0. The highest BCUT2D eigenvalue weighted by Crippen LogP contribution is 2.22. The van der Waals surface area contributed by atoms with Crippen molar-refractivity contribution in [1.29, 1.82) is 0 Å². The van der Waals surface area contributed by atoms with Crippen LogP contribution in [0.5, 0.6) is 0 Å². The van der Waals surface area contributed by atoms with Crippen LogP contribution in [0, 0.1) is 12.8 Å². The highest BCUT2D eigenvalue weighted by molar-refractivity contribution is 7.09. The summed E-state index contributed by atoms with van der Waals surface area (Å²) in [5, 5.41) is 25.6. The van der Waals surface area contributed by atoms with Crippen LogP contribution in [0.3, 0.4) is 0 Å². The van der Waals surface area contributed by atoms with Crippen LogP contribution >= 0.6 is 11.3 Å². The van der Waals surface area contributed by atoms with Crippen LogP contribution < -0.4 is 0 Å². The van der Waals surface area contributed by atoms with E-state index in [4.69, 9.17) is 15.0 Å². The lowest BCUT2D eigenvalue weighted by atomic mass is 9.94. The Morgan fingerprint density at radius 1 is 1.65 bits per heavy atom. The number of carbonyl (C=O) groups is 2. The Bertz CT molecular complexity index is 451. The van der Waals surface area contributed by atoms with Crippen molar-refractivity contribution in [2.75, 3.05) is 13.1 Å². The first-order valence-electron chi connectivity index (χ1n) is 6.09. The number of carboxylic acid groups (broad SMARTS) is 2. The average molecular weight is 302 g/mol. The minimum absolute atomic E-state index is 0.250. The highest BCUT2D eigenvalue weighted by Gasteiger charge is 2.32. The number of β-amino-alcohol motifs (C(OH)–C–C–N with tert-alkyl or cyclic N) is 1. The number of carboxylic acids is 1. The van der Waals surface area contributed by atoms with Crippen LogP contribution in [0.15, 0.2) is 5.51 Å². The van der Waals surface area contributed by atoms with Crippen LogP contribution in [-0.2, 0) is 16.1 Å². The van der Waals surface area contributed by atoms with Crippen molar-refractivity contribution in [3.05, 3.63) is 16.1 Å². The second kappa shape index (κ2) is 7.93. The number of hydrogen-bond donors (Lipinski definition) is 3. The van der Waals surface area contributed by atoms with E-state index in [9.17, 15) is 9.90 Å². The maximum Gasteiger partial charge on any atom is 0.309 e. The molecule has 0 aromatic carbocycles. The van der Waals surface area contributed by atoms with Crippen molar-refractivity contribution in [2.24, 2.45) is 5.92 Å². The number of likely N-dealkylation sites (tertiary alicyclic amines) is 1. The Labute approximate surface area is 120 Å². The van der Waals surface area contributed by atoms with E-state index in [1.807, 2.05) is 12.4 Å². The number of aliphatic carboxylic acids is 1. The first kappa shape index (κ1) is 16.5. The number of rotatable bonds is 3. The van der Waals surface area contributed by atoms with Crippen molar-refractivity contribution in [3.8, 4) is 0 Å². The number of nitrogens with zero attached hydrogens (tertiary/aromatic N) is 2. The number of aromatic nitrogens is 1. The van der Waals surface area contributed by atoms with Crippen molar-refractivity contribution >= 4 is 23.8 Å². The molecule has 0 radical (unpaired) electrons. The Hall–Kier alpha value is -1.51. The summed E-state index contributed by atoms with van der Waals surface area (Å²) in [5.41, 5.74) is 2.83. The van der Waals surface area contributed by atoms with Gasteiger partial charge in [-0.15, -0.1) is 11.3 Å². The van der Waals surface area contributed by atoms with Gasteiger partial charge in [-0.3, -0.25) is 14.5 Å². The molecule has 2 rings (SSSR count). The summed E-state index contributed by atoms with van der Waals surface area (Å²) < 4.78 is 0. The van der Waals surface area contributed by atoms with Crippen molar-refractivity contribution in [1.82, 2.24) is 9.88 Å². The third kappa shape index (κ3) is 4.55. The molecule has 0 unspecified atom stereocenters. The zero-order valence-electron chi connectivity index (χ0n) is 11.1. The molecular weight excluding hydrogens is 284 g/mol. The van der Waals surface area contributed by atoms with E-state index in [0.29, 0.717) is 19.5 Å². The lowest BCUT2D eigenvalue weighted by molar-refractivity contribution is -0.148. The molecule has 112 valence electrons. The summed E-state index contributed by atoms with van der Waals surface area (Å²) in [6.07, 6.45) is -0.261. The molecule has 8 heteroatoms. The van der Waals surface area contributed by atoms with E-state index < -0.39 is 18.0 Å². The fourth-order valence-electron chi connectivity index (χ4n) is 2.11. The van der Waals surface area contributed by atoms with Gasteiger partial charge in [0.05, 0.1) is 23.2 Å². The van der Waals surface area contributed by atoms with E-state index in [2.05, 4.69) is 9.88 Å². The van der Waals surface area contributed by atoms with E-state index in [1.165, 1.54) is 4.88 Å². The van der Waals surface area contributed by atoms with Crippen LogP contribution in [0.4, 0.5) is 0 Å². The molecule has 1 aliphatic rings. The molecule has 0 spiro atoms. The first-order valence-corrected chi connectivity index (χ1v) is 6.97. The third-order valence-corrected chi connectivity index (χ3v) is 4.12. The van der Waals surface area contributed by atoms with Crippen molar-refractivity contribution in [3.63, 3.8) is 0 Å². The maximum absolute atomic E-state index is 10.9. The fourth-order valence-corrected chi connectivity index (χ4v) is 2.93. The normalized spacial score (nSPS) is 22.7. The Morgan fingerprint density at radius 2 is 2.30 bits per heavy atom. The van der Waals surface area contributed by atoms with Gasteiger partial charge in [0, 0.05) is 18.0 Å². The predicted molar refractivity (Wildman–Crippen MR) is 72.6 cm³/mol. The smallest absolute Gasteiger partial charge is 0.309 e. The van der Waals surface area contributed by atoms with Gasteiger partial charge in [-0.25, -0.2) is 4.98 Å². The largest absolute Gasteiger partial charge is 0.483 e.